The molecular weight excluding hydrogens is 516 g/mol. The summed E-state index contributed by atoms with van der Waals surface area (Å²) >= 11 is 0.935. The maximum atomic E-state index is 13.5. The molecule has 1 N–H and O–H groups in total. The van der Waals surface area contributed by atoms with Gasteiger partial charge in [-0.3, -0.25) is 14.5 Å². The van der Waals surface area contributed by atoms with E-state index in [0.29, 0.717) is 17.0 Å². The van der Waals surface area contributed by atoms with Crippen LogP contribution in [0.2, 0.25) is 0 Å². The van der Waals surface area contributed by atoms with Gasteiger partial charge in [0.15, 0.2) is 16.7 Å². The number of allylic oxidation sites excluding steroid dienone is 1. The Morgan fingerprint density at radius 2 is 1.85 bits per heavy atom. The molecule has 0 radical (unpaired) electrons. The number of hydrogen-bond acceptors (Lipinski definition) is 8. The lowest BCUT2D eigenvalue weighted by molar-refractivity contribution is -0.117. The third kappa shape index (κ3) is 5.89. The van der Waals surface area contributed by atoms with Crippen LogP contribution in [0.15, 0.2) is 97.3 Å². The summed E-state index contributed by atoms with van der Waals surface area (Å²) < 4.78 is 10.8. The molecule has 0 bridgehead atoms. The van der Waals surface area contributed by atoms with Gasteiger partial charge in [-0.25, -0.2) is 9.78 Å². The molecule has 1 aliphatic rings. The smallest absolute Gasteiger partial charge is 0.350 e. The average molecular weight is 543 g/mol. The van der Waals surface area contributed by atoms with Crippen molar-refractivity contribution in [2.45, 2.75) is 13.0 Å². The lowest BCUT2D eigenvalue weighted by atomic mass is 9.95. The molecule has 3 aromatic rings. The minimum absolute atomic E-state index is 0.0169. The number of thiazole rings is 1. The molecule has 9 heteroatoms. The number of hydrogen-bond donors (Lipinski definition) is 1. The molecule has 1 amide bonds. The maximum absolute atomic E-state index is 13.5. The minimum Gasteiger partial charge on any atom is -0.503 e. The van der Waals surface area contributed by atoms with Crippen LogP contribution in [-0.4, -0.2) is 41.0 Å². The molecule has 0 fully saturated rings. The van der Waals surface area contributed by atoms with Gasteiger partial charge in [-0.05, 0) is 36.3 Å². The molecule has 0 aliphatic carbocycles. The van der Waals surface area contributed by atoms with Crippen molar-refractivity contribution < 1.29 is 29.0 Å². The van der Waals surface area contributed by atoms with Gasteiger partial charge in [0.2, 0.25) is 0 Å². The van der Waals surface area contributed by atoms with Crippen molar-refractivity contribution in [3.8, 4) is 5.75 Å². The van der Waals surface area contributed by atoms with E-state index in [9.17, 15) is 19.5 Å². The first-order valence-electron chi connectivity index (χ1n) is 12.0. The lowest BCUT2D eigenvalue weighted by Gasteiger charge is -2.24. The standard InChI is InChI=1S/C30H26N2O6S/c1-4-16-37-22-13-9-12-21(18-22)25-24(23(33)15-14-20-10-7-6-8-11-20)26(34)28(35)32(25)30-31-19(3)27(39-30)29(36)38-17-5-2/h4-15,18,25,34H,1-2,16-17H2,3H3/b15-14+. The number of carbonyl (C=O) groups excluding carboxylic acids is 3. The normalized spacial score (nSPS) is 15.1. The fraction of sp³-hybridized carbons (Fsp3) is 0.133. The van der Waals surface area contributed by atoms with Crippen LogP contribution in [0.1, 0.15) is 32.5 Å². The number of aromatic nitrogens is 1. The van der Waals surface area contributed by atoms with Crippen LogP contribution in [0.4, 0.5) is 5.13 Å². The molecular formula is C30H26N2O6S. The minimum atomic E-state index is -1.03. The van der Waals surface area contributed by atoms with Gasteiger partial charge in [-0.2, -0.15) is 0 Å². The SMILES string of the molecule is C=CCOC(=O)c1sc(N2C(=O)C(O)=C(C(=O)/C=C/c3ccccc3)C2c2cccc(OCC=C)c2)nc1C. The molecule has 0 spiro atoms. The third-order valence-corrected chi connectivity index (χ3v) is 6.89. The Balaban J connectivity index is 1.79. The van der Waals surface area contributed by atoms with Crippen molar-refractivity contribution in [3.63, 3.8) is 0 Å². The topological polar surface area (TPSA) is 106 Å². The largest absolute Gasteiger partial charge is 0.503 e. The quantitative estimate of drug-likeness (QED) is 0.193. The highest BCUT2D eigenvalue weighted by molar-refractivity contribution is 7.17. The summed E-state index contributed by atoms with van der Waals surface area (Å²) in [5, 5.41) is 11.1. The van der Waals surface area contributed by atoms with E-state index in [1.54, 1.807) is 43.3 Å². The second-order valence-corrected chi connectivity index (χ2v) is 9.40. The highest BCUT2D eigenvalue weighted by Gasteiger charge is 2.45. The zero-order valence-electron chi connectivity index (χ0n) is 21.2. The molecule has 1 aliphatic heterocycles. The van der Waals surface area contributed by atoms with Crippen LogP contribution >= 0.6 is 11.3 Å². The van der Waals surface area contributed by atoms with E-state index in [1.807, 2.05) is 30.3 Å². The summed E-state index contributed by atoms with van der Waals surface area (Å²) in [5.41, 5.74) is 1.52. The summed E-state index contributed by atoms with van der Waals surface area (Å²) in [7, 11) is 0. The third-order valence-electron chi connectivity index (χ3n) is 5.75. The summed E-state index contributed by atoms with van der Waals surface area (Å²) in [5.74, 6) is -2.17. The summed E-state index contributed by atoms with van der Waals surface area (Å²) in [4.78, 5) is 45.3. The second kappa shape index (κ2) is 12.2. The van der Waals surface area contributed by atoms with Gasteiger partial charge >= 0.3 is 5.97 Å². The number of aliphatic hydroxyl groups excluding tert-OH is 1. The van der Waals surface area contributed by atoms with E-state index in [1.165, 1.54) is 17.1 Å². The van der Waals surface area contributed by atoms with Crippen LogP contribution in [0.25, 0.3) is 6.08 Å². The van der Waals surface area contributed by atoms with Gasteiger partial charge in [-0.15, -0.1) is 0 Å². The number of aryl methyl sites for hydroxylation is 1. The number of anilines is 1. The van der Waals surface area contributed by atoms with Gasteiger partial charge in [0.05, 0.1) is 17.3 Å². The number of aliphatic hydroxyl groups is 1. The van der Waals surface area contributed by atoms with Crippen molar-refractivity contribution in [2.75, 3.05) is 18.1 Å². The predicted octanol–water partition coefficient (Wildman–Crippen LogP) is 5.54. The van der Waals surface area contributed by atoms with E-state index < -0.39 is 29.5 Å². The highest BCUT2D eigenvalue weighted by Crippen LogP contribution is 2.43. The number of amides is 1. The summed E-state index contributed by atoms with van der Waals surface area (Å²) in [6.45, 7) is 9.07. The number of nitrogens with zero attached hydrogens (tertiary/aromatic N) is 2. The van der Waals surface area contributed by atoms with E-state index in [2.05, 4.69) is 18.1 Å². The van der Waals surface area contributed by atoms with Crippen LogP contribution < -0.4 is 9.64 Å². The Morgan fingerprint density at radius 1 is 1.10 bits per heavy atom. The molecule has 1 aromatic heterocycles. The van der Waals surface area contributed by atoms with Gasteiger partial charge in [0.1, 0.15) is 23.8 Å². The van der Waals surface area contributed by atoms with Crippen molar-refractivity contribution in [1.29, 1.82) is 0 Å². The zero-order chi connectivity index (χ0) is 27.9. The van der Waals surface area contributed by atoms with Crippen molar-refractivity contribution in [2.24, 2.45) is 0 Å². The van der Waals surface area contributed by atoms with Crippen LogP contribution in [0, 0.1) is 6.92 Å². The predicted molar refractivity (Wildman–Crippen MR) is 150 cm³/mol. The summed E-state index contributed by atoms with van der Waals surface area (Å²) in [6, 6.07) is 15.0. The Hall–Kier alpha value is -4.76. The molecule has 1 unspecified atom stereocenters. The Labute approximate surface area is 229 Å². The van der Waals surface area contributed by atoms with Crippen molar-refractivity contribution in [1.82, 2.24) is 4.98 Å². The second-order valence-electron chi connectivity index (χ2n) is 8.42. The number of benzene rings is 2. The highest BCUT2D eigenvalue weighted by atomic mass is 32.1. The molecule has 39 heavy (non-hydrogen) atoms. The molecule has 2 aromatic carbocycles. The van der Waals surface area contributed by atoms with Crippen LogP contribution in [0.3, 0.4) is 0 Å². The Morgan fingerprint density at radius 3 is 2.56 bits per heavy atom. The van der Waals surface area contributed by atoms with E-state index in [0.717, 1.165) is 16.9 Å². The van der Waals surface area contributed by atoms with E-state index >= 15 is 0 Å². The first-order valence-corrected chi connectivity index (χ1v) is 12.8. The molecule has 0 saturated heterocycles. The Bertz CT molecular complexity index is 1490. The number of esters is 1. The number of ether oxygens (including phenoxy) is 2. The maximum Gasteiger partial charge on any atom is 0.350 e. The Kier molecular flexibility index (Phi) is 8.53. The number of carbonyl (C=O) groups is 3. The summed E-state index contributed by atoms with van der Waals surface area (Å²) in [6.07, 6.45) is 5.96. The van der Waals surface area contributed by atoms with Gasteiger partial charge in [0, 0.05) is 0 Å². The lowest BCUT2D eigenvalue weighted by Crippen LogP contribution is -2.30. The van der Waals surface area contributed by atoms with Crippen molar-refractivity contribution in [3.05, 3.63) is 119 Å². The fourth-order valence-electron chi connectivity index (χ4n) is 4.00. The van der Waals surface area contributed by atoms with Crippen molar-refractivity contribution >= 4 is 40.2 Å². The van der Waals surface area contributed by atoms with Gasteiger partial charge in [-0.1, -0.05) is 85.2 Å². The first-order chi connectivity index (χ1) is 18.8. The van der Waals surface area contributed by atoms with Crippen LogP contribution in [-0.2, 0) is 14.3 Å². The van der Waals surface area contributed by atoms with Gasteiger partial charge in [0.25, 0.3) is 5.91 Å². The average Bonchev–Trinajstić information content (AvgIpc) is 3.46. The zero-order valence-corrected chi connectivity index (χ0v) is 22.0. The molecule has 2 heterocycles. The monoisotopic (exact) mass is 542 g/mol. The molecule has 198 valence electrons. The van der Waals surface area contributed by atoms with Gasteiger partial charge < -0.3 is 14.6 Å². The number of rotatable bonds is 11. The number of ketones is 1. The fourth-order valence-corrected chi connectivity index (χ4v) is 4.99. The first kappa shape index (κ1) is 27.3. The molecule has 0 saturated carbocycles. The molecule has 8 nitrogen and oxygen atoms in total. The molecule has 1 atom stereocenters. The van der Waals surface area contributed by atoms with E-state index in [4.69, 9.17) is 9.47 Å². The molecule has 4 rings (SSSR count). The van der Waals surface area contributed by atoms with E-state index in [-0.39, 0.29) is 28.8 Å². The van der Waals surface area contributed by atoms with Crippen LogP contribution in [0.5, 0.6) is 5.75 Å².